The van der Waals surface area contributed by atoms with Crippen LogP contribution >= 0.6 is 15.9 Å². The highest BCUT2D eigenvalue weighted by Gasteiger charge is 2.21. The molecule has 6 nitrogen and oxygen atoms in total. The number of amides is 1. The quantitative estimate of drug-likeness (QED) is 0.760. The van der Waals surface area contributed by atoms with Crippen molar-refractivity contribution < 1.29 is 24.2 Å². The second-order valence-electron chi connectivity index (χ2n) is 4.16. The Hall–Kier alpha value is -2.15. The van der Waals surface area contributed by atoms with Crippen molar-refractivity contribution in [2.75, 3.05) is 7.11 Å². The zero-order chi connectivity index (χ0) is 16.0. The number of ether oxygens (including phenoxy) is 1. The van der Waals surface area contributed by atoms with Crippen LogP contribution in [0, 0.1) is 0 Å². The molecule has 0 fully saturated rings. The number of hydrogen-bond acceptors (Lipinski definition) is 4. The van der Waals surface area contributed by atoms with Gasteiger partial charge in [-0.05, 0) is 22.7 Å². The first-order valence-corrected chi connectivity index (χ1v) is 6.69. The van der Waals surface area contributed by atoms with E-state index < -0.39 is 23.9 Å². The van der Waals surface area contributed by atoms with Crippen LogP contribution in [0.5, 0.6) is 0 Å². The van der Waals surface area contributed by atoms with Crippen LogP contribution in [0.4, 0.5) is 0 Å². The van der Waals surface area contributed by atoms with Crippen molar-refractivity contribution in [3.8, 4) is 0 Å². The van der Waals surface area contributed by atoms with Gasteiger partial charge in [0.05, 0.1) is 12.7 Å². The maximum absolute atomic E-state index is 12.0. The number of hydrogen-bond donors (Lipinski definition) is 2. The standard InChI is InChI=1S/C14H14BrNO5/c1-8(15)6-11(13(18)19)16-12(17)9-4-3-5-10(7-9)14(20)21-2/h3-5,7,11H,1,6H2,2H3,(H,16,17)(H,18,19)/t11-/m1/s1. The third kappa shape index (κ3) is 5.03. The molecule has 1 aromatic rings. The number of methoxy groups -OCH3 is 1. The molecule has 0 bridgehead atoms. The number of carboxylic acids is 1. The van der Waals surface area contributed by atoms with Crippen LogP contribution in [0.15, 0.2) is 35.3 Å². The molecule has 0 aliphatic rings. The summed E-state index contributed by atoms with van der Waals surface area (Å²) in [5.74, 6) is -2.34. The lowest BCUT2D eigenvalue weighted by Crippen LogP contribution is -2.40. The minimum atomic E-state index is -1.17. The summed E-state index contributed by atoms with van der Waals surface area (Å²) in [4.78, 5) is 34.5. The van der Waals surface area contributed by atoms with Gasteiger partial charge in [-0.1, -0.05) is 28.6 Å². The lowest BCUT2D eigenvalue weighted by molar-refractivity contribution is -0.139. The molecule has 0 aliphatic carbocycles. The number of carboxylic acid groups (broad SMARTS) is 1. The molecule has 112 valence electrons. The fraction of sp³-hybridized carbons (Fsp3) is 0.214. The molecule has 0 saturated carbocycles. The van der Waals surface area contributed by atoms with Crippen molar-refractivity contribution >= 4 is 33.8 Å². The number of esters is 1. The van der Waals surface area contributed by atoms with Crippen LogP contribution in [0.1, 0.15) is 27.1 Å². The number of rotatable bonds is 6. The number of halogens is 1. The molecule has 1 rings (SSSR count). The van der Waals surface area contributed by atoms with Crippen molar-refractivity contribution in [2.45, 2.75) is 12.5 Å². The smallest absolute Gasteiger partial charge is 0.337 e. The molecule has 21 heavy (non-hydrogen) atoms. The molecule has 0 spiro atoms. The molecule has 2 N–H and O–H groups in total. The molecule has 0 unspecified atom stereocenters. The van der Waals surface area contributed by atoms with E-state index in [0.29, 0.717) is 4.48 Å². The predicted molar refractivity (Wildman–Crippen MR) is 79.4 cm³/mol. The van der Waals surface area contributed by atoms with E-state index in [0.717, 1.165) is 0 Å². The van der Waals surface area contributed by atoms with Gasteiger partial charge in [-0.2, -0.15) is 0 Å². The Bertz CT molecular complexity index is 584. The normalized spacial score (nSPS) is 11.3. The summed E-state index contributed by atoms with van der Waals surface area (Å²) in [7, 11) is 1.23. The third-order valence-electron chi connectivity index (χ3n) is 2.57. The summed E-state index contributed by atoms with van der Waals surface area (Å²) in [6.07, 6.45) is 0.0533. The first-order chi connectivity index (χ1) is 9.85. The van der Waals surface area contributed by atoms with E-state index in [1.165, 1.54) is 31.4 Å². The summed E-state index contributed by atoms with van der Waals surface area (Å²) in [6.45, 7) is 3.55. The average molecular weight is 356 g/mol. The number of carbonyl (C=O) groups excluding carboxylic acids is 2. The van der Waals surface area contributed by atoms with Gasteiger partial charge >= 0.3 is 11.9 Å². The Morgan fingerprint density at radius 1 is 1.38 bits per heavy atom. The zero-order valence-electron chi connectivity index (χ0n) is 11.3. The molecule has 7 heteroatoms. The number of nitrogens with one attached hydrogen (secondary N) is 1. The zero-order valence-corrected chi connectivity index (χ0v) is 12.8. The second-order valence-corrected chi connectivity index (χ2v) is 5.28. The Balaban J connectivity index is 2.90. The summed E-state index contributed by atoms with van der Waals surface area (Å²) >= 11 is 3.06. The summed E-state index contributed by atoms with van der Waals surface area (Å²) < 4.78 is 5.02. The monoisotopic (exact) mass is 355 g/mol. The van der Waals surface area contributed by atoms with Crippen LogP contribution in [-0.4, -0.2) is 36.1 Å². The van der Waals surface area contributed by atoms with Crippen molar-refractivity contribution in [3.63, 3.8) is 0 Å². The van der Waals surface area contributed by atoms with Crippen LogP contribution in [-0.2, 0) is 9.53 Å². The van der Waals surface area contributed by atoms with E-state index in [9.17, 15) is 14.4 Å². The van der Waals surface area contributed by atoms with E-state index in [1.54, 1.807) is 0 Å². The molecule has 0 aromatic heterocycles. The minimum absolute atomic E-state index is 0.0533. The molecule has 0 saturated heterocycles. The summed E-state index contributed by atoms with van der Waals surface area (Å²) in [5.41, 5.74) is 0.381. The molecule has 0 heterocycles. The maximum Gasteiger partial charge on any atom is 0.337 e. The number of carbonyl (C=O) groups is 3. The van der Waals surface area contributed by atoms with Crippen molar-refractivity contribution in [1.82, 2.24) is 5.32 Å². The molecular weight excluding hydrogens is 342 g/mol. The SMILES string of the molecule is C=C(Br)C[C@@H](NC(=O)c1cccc(C(=O)OC)c1)C(=O)O. The molecule has 1 amide bonds. The topological polar surface area (TPSA) is 92.7 Å². The molecule has 1 aromatic carbocycles. The van der Waals surface area contributed by atoms with E-state index in [1.807, 2.05) is 0 Å². The van der Waals surface area contributed by atoms with Gasteiger partial charge in [0, 0.05) is 12.0 Å². The Morgan fingerprint density at radius 3 is 2.52 bits per heavy atom. The Kier molecular flexibility index (Phi) is 6.10. The van der Waals surface area contributed by atoms with Gasteiger partial charge in [-0.25, -0.2) is 9.59 Å². The van der Waals surface area contributed by atoms with Crippen molar-refractivity contribution in [1.29, 1.82) is 0 Å². The Labute approximate surface area is 129 Å². The van der Waals surface area contributed by atoms with Gasteiger partial charge in [-0.3, -0.25) is 4.79 Å². The number of benzene rings is 1. The summed E-state index contributed by atoms with van der Waals surface area (Å²) in [5, 5.41) is 11.4. The van der Waals surface area contributed by atoms with Gasteiger partial charge in [0.15, 0.2) is 0 Å². The van der Waals surface area contributed by atoms with E-state index in [2.05, 4.69) is 32.6 Å². The highest BCUT2D eigenvalue weighted by molar-refractivity contribution is 9.11. The predicted octanol–water partition coefficient (Wildman–Crippen LogP) is 1.95. The largest absolute Gasteiger partial charge is 0.480 e. The van der Waals surface area contributed by atoms with Crippen LogP contribution in [0.2, 0.25) is 0 Å². The molecule has 1 atom stereocenters. The van der Waals surface area contributed by atoms with Gasteiger partial charge in [0.25, 0.3) is 5.91 Å². The lowest BCUT2D eigenvalue weighted by atomic mass is 10.1. The van der Waals surface area contributed by atoms with Crippen molar-refractivity contribution in [2.24, 2.45) is 0 Å². The summed E-state index contributed by atoms with van der Waals surface area (Å²) in [6, 6.07) is 4.72. The van der Waals surface area contributed by atoms with Crippen LogP contribution < -0.4 is 5.32 Å². The first kappa shape index (κ1) is 16.9. The Morgan fingerprint density at radius 2 is 2.00 bits per heavy atom. The molecular formula is C14H14BrNO5. The van der Waals surface area contributed by atoms with Gasteiger partial charge in [-0.15, -0.1) is 0 Å². The van der Waals surface area contributed by atoms with Crippen LogP contribution in [0.25, 0.3) is 0 Å². The second kappa shape index (κ2) is 7.58. The van der Waals surface area contributed by atoms with E-state index >= 15 is 0 Å². The average Bonchev–Trinajstić information content (AvgIpc) is 2.45. The van der Waals surface area contributed by atoms with Crippen LogP contribution in [0.3, 0.4) is 0 Å². The minimum Gasteiger partial charge on any atom is -0.480 e. The van der Waals surface area contributed by atoms with Gasteiger partial charge < -0.3 is 15.2 Å². The van der Waals surface area contributed by atoms with E-state index in [4.69, 9.17) is 5.11 Å². The van der Waals surface area contributed by atoms with Crippen molar-refractivity contribution in [3.05, 3.63) is 46.5 Å². The van der Waals surface area contributed by atoms with Gasteiger partial charge in [0.1, 0.15) is 6.04 Å². The van der Waals surface area contributed by atoms with Gasteiger partial charge in [0.2, 0.25) is 0 Å². The fourth-order valence-corrected chi connectivity index (χ4v) is 1.89. The lowest BCUT2D eigenvalue weighted by Gasteiger charge is -2.14. The third-order valence-corrected chi connectivity index (χ3v) is 2.90. The fourth-order valence-electron chi connectivity index (χ4n) is 1.57. The molecule has 0 radical (unpaired) electrons. The highest BCUT2D eigenvalue weighted by atomic mass is 79.9. The first-order valence-electron chi connectivity index (χ1n) is 5.90. The van der Waals surface area contributed by atoms with E-state index in [-0.39, 0.29) is 17.5 Å². The molecule has 0 aliphatic heterocycles. The number of aliphatic carboxylic acids is 1. The maximum atomic E-state index is 12.0. The highest BCUT2D eigenvalue weighted by Crippen LogP contribution is 2.12.